The summed E-state index contributed by atoms with van der Waals surface area (Å²) in [4.78, 5) is 12.7. The van der Waals surface area contributed by atoms with Crippen LogP contribution in [-0.2, 0) is 4.79 Å². The SMILES string of the molecule is CC(CO)CN1CC(O)CC1=O. The maximum absolute atomic E-state index is 11.1. The van der Waals surface area contributed by atoms with E-state index >= 15 is 0 Å². The van der Waals surface area contributed by atoms with Gasteiger partial charge in [0.1, 0.15) is 0 Å². The van der Waals surface area contributed by atoms with Gasteiger partial charge >= 0.3 is 0 Å². The van der Waals surface area contributed by atoms with Crippen molar-refractivity contribution < 1.29 is 15.0 Å². The third-order valence-electron chi connectivity index (χ3n) is 2.04. The largest absolute Gasteiger partial charge is 0.396 e. The van der Waals surface area contributed by atoms with Crippen molar-refractivity contribution in [1.29, 1.82) is 0 Å². The Balaban J connectivity index is 2.37. The van der Waals surface area contributed by atoms with Crippen LogP contribution in [0.4, 0.5) is 0 Å². The lowest BCUT2D eigenvalue weighted by Gasteiger charge is -2.18. The van der Waals surface area contributed by atoms with Crippen LogP contribution in [0.25, 0.3) is 0 Å². The lowest BCUT2D eigenvalue weighted by Crippen LogP contribution is -2.31. The van der Waals surface area contributed by atoms with E-state index in [1.165, 1.54) is 0 Å². The first-order chi connectivity index (χ1) is 5.63. The van der Waals surface area contributed by atoms with Gasteiger partial charge in [0, 0.05) is 19.7 Å². The van der Waals surface area contributed by atoms with Gasteiger partial charge in [0.15, 0.2) is 0 Å². The Morgan fingerprint density at radius 1 is 1.75 bits per heavy atom. The van der Waals surface area contributed by atoms with Crippen LogP contribution < -0.4 is 0 Å². The van der Waals surface area contributed by atoms with Crippen molar-refractivity contribution in [3.8, 4) is 0 Å². The number of hydrogen-bond acceptors (Lipinski definition) is 3. The summed E-state index contributed by atoms with van der Waals surface area (Å²) in [5.41, 5.74) is 0. The highest BCUT2D eigenvalue weighted by Gasteiger charge is 2.28. The number of β-amino-alcohol motifs (C(OH)–C–C–N with tert-alkyl or cyclic N) is 1. The van der Waals surface area contributed by atoms with Crippen LogP contribution in [0.5, 0.6) is 0 Å². The zero-order chi connectivity index (χ0) is 9.14. The summed E-state index contributed by atoms with van der Waals surface area (Å²) in [5, 5.41) is 17.9. The summed E-state index contributed by atoms with van der Waals surface area (Å²) < 4.78 is 0. The van der Waals surface area contributed by atoms with Crippen molar-refractivity contribution in [2.75, 3.05) is 19.7 Å². The molecule has 0 aromatic heterocycles. The van der Waals surface area contributed by atoms with Gasteiger partial charge in [-0.15, -0.1) is 0 Å². The summed E-state index contributed by atoms with van der Waals surface area (Å²) in [6.07, 6.45) is -0.276. The number of nitrogens with zero attached hydrogens (tertiary/aromatic N) is 1. The highest BCUT2D eigenvalue weighted by atomic mass is 16.3. The lowest BCUT2D eigenvalue weighted by molar-refractivity contribution is -0.128. The molecule has 1 rings (SSSR count). The Morgan fingerprint density at radius 2 is 2.42 bits per heavy atom. The molecule has 0 aromatic rings. The standard InChI is InChI=1S/C8H15NO3/c1-6(5-10)3-9-4-7(11)2-8(9)12/h6-7,10-11H,2-5H2,1H3. The third kappa shape index (κ3) is 2.19. The monoisotopic (exact) mass is 173 g/mol. The summed E-state index contributed by atoms with van der Waals surface area (Å²) in [7, 11) is 0. The molecule has 0 bridgehead atoms. The van der Waals surface area contributed by atoms with E-state index in [9.17, 15) is 4.79 Å². The van der Waals surface area contributed by atoms with E-state index < -0.39 is 6.10 Å². The van der Waals surface area contributed by atoms with Gasteiger partial charge in [-0.05, 0) is 5.92 Å². The topological polar surface area (TPSA) is 60.8 Å². The number of hydrogen-bond donors (Lipinski definition) is 2. The van der Waals surface area contributed by atoms with Gasteiger partial charge in [0.2, 0.25) is 5.91 Å². The second-order valence-corrected chi connectivity index (χ2v) is 3.44. The average molecular weight is 173 g/mol. The quantitative estimate of drug-likeness (QED) is 0.588. The zero-order valence-corrected chi connectivity index (χ0v) is 7.23. The molecule has 4 heteroatoms. The molecule has 0 radical (unpaired) electrons. The maximum Gasteiger partial charge on any atom is 0.225 e. The molecule has 2 unspecified atom stereocenters. The van der Waals surface area contributed by atoms with Crippen LogP contribution in [0.15, 0.2) is 0 Å². The zero-order valence-electron chi connectivity index (χ0n) is 7.23. The van der Waals surface area contributed by atoms with E-state index in [1.54, 1.807) is 4.90 Å². The molecule has 4 nitrogen and oxygen atoms in total. The number of likely N-dealkylation sites (tertiary alicyclic amines) is 1. The van der Waals surface area contributed by atoms with Crippen LogP contribution in [0.1, 0.15) is 13.3 Å². The summed E-state index contributed by atoms with van der Waals surface area (Å²) in [6.45, 7) is 2.92. The molecule has 1 amide bonds. The molecule has 70 valence electrons. The number of carbonyl (C=O) groups excluding carboxylic acids is 1. The van der Waals surface area contributed by atoms with E-state index in [0.29, 0.717) is 13.1 Å². The molecule has 2 N–H and O–H groups in total. The Kier molecular flexibility index (Phi) is 3.05. The molecule has 0 aliphatic carbocycles. The summed E-state index contributed by atoms with van der Waals surface area (Å²) in [6, 6.07) is 0. The van der Waals surface area contributed by atoms with Gasteiger partial charge in [-0.2, -0.15) is 0 Å². The number of aliphatic hydroxyl groups excluding tert-OH is 2. The highest BCUT2D eigenvalue weighted by Crippen LogP contribution is 2.12. The second-order valence-electron chi connectivity index (χ2n) is 3.44. The van der Waals surface area contributed by atoms with Gasteiger partial charge in [-0.25, -0.2) is 0 Å². The van der Waals surface area contributed by atoms with Gasteiger partial charge < -0.3 is 15.1 Å². The van der Waals surface area contributed by atoms with E-state index in [1.807, 2.05) is 6.92 Å². The van der Waals surface area contributed by atoms with E-state index in [-0.39, 0.29) is 24.9 Å². The number of aliphatic hydroxyl groups is 2. The maximum atomic E-state index is 11.1. The second kappa shape index (κ2) is 3.87. The molecule has 1 fully saturated rings. The summed E-state index contributed by atoms with van der Waals surface area (Å²) in [5.74, 6) is 0.0852. The fourth-order valence-electron chi connectivity index (χ4n) is 1.36. The molecule has 1 heterocycles. The van der Waals surface area contributed by atoms with Gasteiger partial charge in [-0.1, -0.05) is 6.92 Å². The van der Waals surface area contributed by atoms with Crippen LogP contribution in [0.3, 0.4) is 0 Å². The number of amides is 1. The third-order valence-corrected chi connectivity index (χ3v) is 2.04. The molecule has 2 atom stereocenters. The van der Waals surface area contributed by atoms with E-state index in [2.05, 4.69) is 0 Å². The van der Waals surface area contributed by atoms with E-state index in [4.69, 9.17) is 10.2 Å². The Hall–Kier alpha value is -0.610. The van der Waals surface area contributed by atoms with Crippen LogP contribution in [0, 0.1) is 5.92 Å². The smallest absolute Gasteiger partial charge is 0.225 e. The van der Waals surface area contributed by atoms with Crippen LogP contribution in [-0.4, -0.2) is 46.8 Å². The van der Waals surface area contributed by atoms with Crippen LogP contribution in [0.2, 0.25) is 0 Å². The number of carbonyl (C=O) groups is 1. The lowest BCUT2D eigenvalue weighted by atomic mass is 10.2. The van der Waals surface area contributed by atoms with Crippen molar-refractivity contribution in [2.24, 2.45) is 5.92 Å². The van der Waals surface area contributed by atoms with Crippen LogP contribution >= 0.6 is 0 Å². The normalized spacial score (nSPS) is 26.4. The predicted molar refractivity (Wildman–Crippen MR) is 43.5 cm³/mol. The minimum atomic E-state index is -0.511. The first kappa shape index (κ1) is 9.48. The Morgan fingerprint density at radius 3 is 2.83 bits per heavy atom. The highest BCUT2D eigenvalue weighted by molar-refractivity contribution is 5.78. The van der Waals surface area contributed by atoms with Crippen molar-refractivity contribution in [1.82, 2.24) is 4.90 Å². The van der Waals surface area contributed by atoms with Gasteiger partial charge in [0.05, 0.1) is 12.5 Å². The fraction of sp³-hybridized carbons (Fsp3) is 0.875. The van der Waals surface area contributed by atoms with Crippen molar-refractivity contribution in [3.05, 3.63) is 0 Å². The number of rotatable bonds is 3. The van der Waals surface area contributed by atoms with Gasteiger partial charge in [0.25, 0.3) is 0 Å². The molecule has 0 spiro atoms. The van der Waals surface area contributed by atoms with Crippen molar-refractivity contribution in [2.45, 2.75) is 19.4 Å². The fourth-order valence-corrected chi connectivity index (χ4v) is 1.36. The first-order valence-electron chi connectivity index (χ1n) is 4.20. The minimum absolute atomic E-state index is 0.0113. The summed E-state index contributed by atoms with van der Waals surface area (Å²) >= 11 is 0. The minimum Gasteiger partial charge on any atom is -0.396 e. The van der Waals surface area contributed by atoms with Gasteiger partial charge in [-0.3, -0.25) is 4.79 Å². The first-order valence-corrected chi connectivity index (χ1v) is 4.20. The van der Waals surface area contributed by atoms with E-state index in [0.717, 1.165) is 0 Å². The predicted octanol–water partition coefficient (Wildman–Crippen LogP) is -0.792. The molecule has 0 aromatic carbocycles. The molecule has 1 saturated heterocycles. The molecular formula is C8H15NO3. The Labute approximate surface area is 71.8 Å². The molecule has 1 aliphatic heterocycles. The molecular weight excluding hydrogens is 158 g/mol. The Bertz CT molecular complexity index is 172. The molecule has 0 saturated carbocycles. The molecule has 1 aliphatic rings. The van der Waals surface area contributed by atoms with Crippen molar-refractivity contribution in [3.63, 3.8) is 0 Å². The average Bonchev–Trinajstić information content (AvgIpc) is 2.30. The van der Waals surface area contributed by atoms with Crippen molar-refractivity contribution >= 4 is 5.91 Å². The molecule has 12 heavy (non-hydrogen) atoms.